The van der Waals surface area contributed by atoms with E-state index in [4.69, 9.17) is 5.11 Å². The third-order valence-electron chi connectivity index (χ3n) is 4.29. The molecule has 0 saturated heterocycles. The summed E-state index contributed by atoms with van der Waals surface area (Å²) < 4.78 is 1.18. The molecule has 0 bridgehead atoms. The average Bonchev–Trinajstić information content (AvgIpc) is 2.41. The molecule has 1 N–H and O–H groups in total. The van der Waals surface area contributed by atoms with E-state index in [0.717, 1.165) is 6.42 Å². The highest BCUT2D eigenvalue weighted by atomic mass is 79.9. The maximum atomic E-state index is 8.76. The molecule has 0 aromatic heterocycles. The van der Waals surface area contributed by atoms with Gasteiger partial charge in [0, 0.05) is 6.61 Å². The third kappa shape index (κ3) is 18.4. The van der Waals surface area contributed by atoms with Crippen LogP contribution in [0.3, 0.4) is 0 Å². The van der Waals surface area contributed by atoms with Crippen LogP contribution in [0, 0.1) is 0 Å². The Kier molecular flexibility index (Phi) is 18.9. The van der Waals surface area contributed by atoms with Crippen LogP contribution in [-0.2, 0) is 0 Å². The highest BCUT2D eigenvalue weighted by molar-refractivity contribution is 4.47. The van der Waals surface area contributed by atoms with Crippen molar-refractivity contribution < 1.29 is 26.6 Å². The zero-order valence-electron chi connectivity index (χ0n) is 14.9. The topological polar surface area (TPSA) is 20.2 Å². The number of unbranched alkanes of at least 4 members (excludes halogenated alkanes) is 10. The van der Waals surface area contributed by atoms with Crippen molar-refractivity contribution in [2.45, 2.75) is 84.0 Å². The maximum absolute atomic E-state index is 8.76. The Bertz CT molecular complexity index is 198. The number of nitrogens with zero attached hydrogens (tertiary/aromatic N) is 1. The van der Waals surface area contributed by atoms with E-state index in [1.807, 2.05) is 0 Å². The molecule has 0 atom stereocenters. The largest absolute Gasteiger partial charge is 1.00 e. The van der Waals surface area contributed by atoms with Gasteiger partial charge in [-0.2, -0.15) is 0 Å². The van der Waals surface area contributed by atoms with E-state index >= 15 is 0 Å². The standard InChI is InChI=1S/C18H40NO.BrH/c1-4-5-6-7-8-9-10-13-16-19(2,3)17-14-11-12-15-18-20;/h20H,4-18H2,1-3H3;1H/q+1;/p-1. The maximum Gasteiger partial charge on any atom is 0.0782 e. The van der Waals surface area contributed by atoms with Crippen LogP contribution in [0.25, 0.3) is 0 Å². The lowest BCUT2D eigenvalue weighted by Gasteiger charge is -2.30. The van der Waals surface area contributed by atoms with Crippen LogP contribution in [0.4, 0.5) is 0 Å². The molecule has 130 valence electrons. The molecule has 0 heterocycles. The van der Waals surface area contributed by atoms with Crippen LogP contribution in [0.2, 0.25) is 0 Å². The molecule has 0 unspecified atom stereocenters. The summed E-state index contributed by atoms with van der Waals surface area (Å²) in [5.74, 6) is 0. The first-order chi connectivity index (χ1) is 9.62. The first-order valence-corrected chi connectivity index (χ1v) is 9.05. The van der Waals surface area contributed by atoms with E-state index in [0.29, 0.717) is 6.61 Å². The highest BCUT2D eigenvalue weighted by Crippen LogP contribution is 2.11. The molecule has 0 aliphatic carbocycles. The molecular weight excluding hydrogens is 326 g/mol. The Morgan fingerprint density at radius 2 is 1.00 bits per heavy atom. The minimum Gasteiger partial charge on any atom is -1.00 e. The summed E-state index contributed by atoms with van der Waals surface area (Å²) in [6.07, 6.45) is 16.1. The molecule has 2 nitrogen and oxygen atoms in total. The molecule has 0 aliphatic heterocycles. The predicted molar refractivity (Wildman–Crippen MR) is 90.0 cm³/mol. The monoisotopic (exact) mass is 365 g/mol. The zero-order chi connectivity index (χ0) is 15.1. The van der Waals surface area contributed by atoms with Gasteiger partial charge in [-0.15, -0.1) is 0 Å². The van der Waals surface area contributed by atoms with E-state index in [1.165, 1.54) is 88.2 Å². The van der Waals surface area contributed by atoms with Crippen LogP contribution in [0.1, 0.15) is 84.0 Å². The van der Waals surface area contributed by atoms with E-state index < -0.39 is 0 Å². The second kappa shape index (κ2) is 16.8. The van der Waals surface area contributed by atoms with Gasteiger partial charge in [0.25, 0.3) is 0 Å². The van der Waals surface area contributed by atoms with E-state index in [9.17, 15) is 0 Å². The summed E-state index contributed by atoms with van der Waals surface area (Å²) in [6, 6.07) is 0. The van der Waals surface area contributed by atoms with Crippen molar-refractivity contribution in [1.82, 2.24) is 0 Å². The number of quaternary nitrogens is 1. The SMILES string of the molecule is CCCCCCCCCC[N+](C)(C)CCCCCCO.[Br-]. The summed E-state index contributed by atoms with van der Waals surface area (Å²) in [4.78, 5) is 0. The van der Waals surface area contributed by atoms with Gasteiger partial charge in [0.15, 0.2) is 0 Å². The van der Waals surface area contributed by atoms with E-state index in [-0.39, 0.29) is 17.0 Å². The van der Waals surface area contributed by atoms with Crippen molar-refractivity contribution in [3.63, 3.8) is 0 Å². The van der Waals surface area contributed by atoms with E-state index in [2.05, 4.69) is 21.0 Å². The summed E-state index contributed by atoms with van der Waals surface area (Å²) in [7, 11) is 4.74. The number of rotatable bonds is 15. The molecule has 0 radical (unpaired) electrons. The van der Waals surface area contributed by atoms with Crippen molar-refractivity contribution in [3.05, 3.63) is 0 Å². The molecule has 0 saturated carbocycles. The Labute approximate surface area is 144 Å². The molecular formula is C18H40BrNO. The normalized spacial score (nSPS) is 11.4. The van der Waals surface area contributed by atoms with E-state index in [1.54, 1.807) is 0 Å². The van der Waals surface area contributed by atoms with Gasteiger partial charge in [0.05, 0.1) is 27.2 Å². The Hall–Kier alpha value is 0.400. The first-order valence-electron chi connectivity index (χ1n) is 9.05. The number of hydrogen-bond donors (Lipinski definition) is 1. The van der Waals surface area contributed by atoms with Gasteiger partial charge < -0.3 is 26.6 Å². The smallest absolute Gasteiger partial charge is 0.0782 e. The van der Waals surface area contributed by atoms with Crippen LogP contribution < -0.4 is 17.0 Å². The van der Waals surface area contributed by atoms with Crippen molar-refractivity contribution >= 4 is 0 Å². The Morgan fingerprint density at radius 1 is 0.619 bits per heavy atom. The molecule has 0 rings (SSSR count). The van der Waals surface area contributed by atoms with Gasteiger partial charge in [0.1, 0.15) is 0 Å². The van der Waals surface area contributed by atoms with Crippen molar-refractivity contribution in [2.24, 2.45) is 0 Å². The van der Waals surface area contributed by atoms with Crippen LogP contribution >= 0.6 is 0 Å². The summed E-state index contributed by atoms with van der Waals surface area (Å²) in [5, 5.41) is 8.76. The van der Waals surface area contributed by atoms with Gasteiger partial charge in [-0.3, -0.25) is 0 Å². The highest BCUT2D eigenvalue weighted by Gasteiger charge is 2.13. The van der Waals surface area contributed by atoms with Gasteiger partial charge in [-0.05, 0) is 32.1 Å². The number of aliphatic hydroxyl groups is 1. The second-order valence-corrected chi connectivity index (χ2v) is 7.00. The fourth-order valence-corrected chi connectivity index (χ4v) is 2.79. The molecule has 0 aromatic rings. The average molecular weight is 366 g/mol. The minimum absolute atomic E-state index is 0. The van der Waals surface area contributed by atoms with Crippen molar-refractivity contribution in [2.75, 3.05) is 33.8 Å². The molecule has 3 heteroatoms. The van der Waals surface area contributed by atoms with Crippen LogP contribution in [0.15, 0.2) is 0 Å². The molecule has 0 amide bonds. The lowest BCUT2D eigenvalue weighted by Crippen LogP contribution is -3.00. The van der Waals surface area contributed by atoms with Crippen LogP contribution in [-0.4, -0.2) is 43.4 Å². The minimum atomic E-state index is 0. The molecule has 21 heavy (non-hydrogen) atoms. The molecule has 0 aliphatic rings. The third-order valence-corrected chi connectivity index (χ3v) is 4.29. The predicted octanol–water partition coefficient (Wildman–Crippen LogP) is 1.76. The Morgan fingerprint density at radius 3 is 1.43 bits per heavy atom. The number of aliphatic hydroxyl groups excluding tert-OH is 1. The van der Waals surface area contributed by atoms with Gasteiger partial charge in [0.2, 0.25) is 0 Å². The van der Waals surface area contributed by atoms with Gasteiger partial charge in [-0.25, -0.2) is 0 Å². The Balaban J connectivity index is 0. The fourth-order valence-electron chi connectivity index (χ4n) is 2.79. The summed E-state index contributed by atoms with van der Waals surface area (Å²) in [6.45, 7) is 5.26. The quantitative estimate of drug-likeness (QED) is 0.346. The number of hydrogen-bond acceptors (Lipinski definition) is 1. The molecule has 0 spiro atoms. The van der Waals surface area contributed by atoms with Gasteiger partial charge in [-0.1, -0.05) is 51.9 Å². The zero-order valence-corrected chi connectivity index (χ0v) is 16.5. The summed E-state index contributed by atoms with van der Waals surface area (Å²) in [5.41, 5.74) is 0. The van der Waals surface area contributed by atoms with Crippen molar-refractivity contribution in [1.29, 1.82) is 0 Å². The number of halogens is 1. The lowest BCUT2D eigenvalue weighted by atomic mass is 10.1. The second-order valence-electron chi connectivity index (χ2n) is 7.00. The molecule has 0 aromatic carbocycles. The van der Waals surface area contributed by atoms with Crippen molar-refractivity contribution in [3.8, 4) is 0 Å². The lowest BCUT2D eigenvalue weighted by molar-refractivity contribution is -0.890. The first kappa shape index (κ1) is 23.7. The van der Waals surface area contributed by atoms with Gasteiger partial charge >= 0.3 is 0 Å². The fraction of sp³-hybridized carbons (Fsp3) is 1.00. The van der Waals surface area contributed by atoms with Crippen LogP contribution in [0.5, 0.6) is 0 Å². The summed E-state index contributed by atoms with van der Waals surface area (Å²) >= 11 is 0. The molecule has 0 fully saturated rings.